The maximum absolute atomic E-state index is 12.1. The number of anilines is 4. The molecule has 3 aromatic rings. The molecule has 33 heavy (non-hydrogen) atoms. The summed E-state index contributed by atoms with van der Waals surface area (Å²) in [4.78, 5) is 23.6. The molecular weight excluding hydrogens is 416 g/mol. The summed E-state index contributed by atoms with van der Waals surface area (Å²) in [5.41, 5.74) is 11.9. The number of rotatable bonds is 5. The lowest BCUT2D eigenvalue weighted by Gasteiger charge is -2.30. The van der Waals surface area contributed by atoms with E-state index in [9.17, 15) is 4.79 Å². The van der Waals surface area contributed by atoms with E-state index in [-0.39, 0.29) is 11.8 Å². The number of benzene rings is 2. The molecule has 1 amide bonds. The number of aromatic nitrogens is 2. The summed E-state index contributed by atoms with van der Waals surface area (Å²) < 4.78 is 5.43. The molecule has 3 heterocycles. The first-order valence-corrected chi connectivity index (χ1v) is 11.4. The van der Waals surface area contributed by atoms with Gasteiger partial charge >= 0.3 is 0 Å². The molecule has 5 rings (SSSR count). The molecule has 2 aromatic carbocycles. The molecule has 0 radical (unpaired) electrons. The minimum absolute atomic E-state index is 0.0156. The number of nitrogens with two attached hydrogens (primary N) is 1. The molecule has 8 heteroatoms. The SMILES string of the molecule is CC[C@H]1c2cc(-c3ccnc(Nc4ccc(N5CCOCC5)cc4)n3)ccc2NC(=O)[C@@H]1N. The van der Waals surface area contributed by atoms with Crippen molar-refractivity contribution in [2.24, 2.45) is 5.73 Å². The molecule has 2 aliphatic heterocycles. The number of nitrogens with one attached hydrogen (secondary N) is 2. The zero-order valence-corrected chi connectivity index (χ0v) is 18.6. The van der Waals surface area contributed by atoms with Crippen LogP contribution in [0.25, 0.3) is 11.3 Å². The Labute approximate surface area is 193 Å². The number of morpholine rings is 1. The number of amides is 1. The van der Waals surface area contributed by atoms with Crippen molar-refractivity contribution < 1.29 is 9.53 Å². The number of carbonyl (C=O) groups excluding carboxylic acids is 1. The molecule has 0 unspecified atom stereocenters. The molecule has 2 aliphatic rings. The maximum atomic E-state index is 12.1. The van der Waals surface area contributed by atoms with Crippen molar-refractivity contribution >= 4 is 28.9 Å². The lowest BCUT2D eigenvalue weighted by molar-refractivity contribution is -0.118. The van der Waals surface area contributed by atoms with Crippen LogP contribution in [-0.4, -0.2) is 48.2 Å². The Bertz CT molecular complexity index is 1140. The topological polar surface area (TPSA) is 105 Å². The van der Waals surface area contributed by atoms with Crippen LogP contribution in [0, 0.1) is 0 Å². The van der Waals surface area contributed by atoms with Gasteiger partial charge in [-0.05, 0) is 54.4 Å². The number of hydrogen-bond donors (Lipinski definition) is 3. The Morgan fingerprint density at radius 3 is 2.70 bits per heavy atom. The van der Waals surface area contributed by atoms with Crippen LogP contribution < -0.4 is 21.3 Å². The summed E-state index contributed by atoms with van der Waals surface area (Å²) in [5, 5.41) is 6.20. The number of ether oxygens (including phenoxy) is 1. The van der Waals surface area contributed by atoms with E-state index >= 15 is 0 Å². The molecule has 8 nitrogen and oxygen atoms in total. The summed E-state index contributed by atoms with van der Waals surface area (Å²) in [6, 6.07) is 15.6. The van der Waals surface area contributed by atoms with Crippen molar-refractivity contribution in [3.05, 3.63) is 60.3 Å². The van der Waals surface area contributed by atoms with Crippen molar-refractivity contribution in [2.75, 3.05) is 41.8 Å². The molecular formula is C25H28N6O2. The zero-order valence-electron chi connectivity index (χ0n) is 18.6. The number of hydrogen-bond acceptors (Lipinski definition) is 7. The average Bonchev–Trinajstić information content (AvgIpc) is 2.86. The molecule has 170 valence electrons. The van der Waals surface area contributed by atoms with Gasteiger partial charge < -0.3 is 26.0 Å². The Balaban J connectivity index is 1.35. The second-order valence-electron chi connectivity index (χ2n) is 8.37. The normalized spacial score (nSPS) is 20.2. The van der Waals surface area contributed by atoms with Gasteiger partial charge in [0.1, 0.15) is 0 Å². The highest BCUT2D eigenvalue weighted by Crippen LogP contribution is 2.36. The van der Waals surface area contributed by atoms with Crippen LogP contribution in [0.5, 0.6) is 0 Å². The highest BCUT2D eigenvalue weighted by atomic mass is 16.5. The van der Waals surface area contributed by atoms with E-state index in [1.807, 2.05) is 30.3 Å². The molecule has 4 N–H and O–H groups in total. The monoisotopic (exact) mass is 444 g/mol. The molecule has 0 spiro atoms. The van der Waals surface area contributed by atoms with Crippen molar-refractivity contribution in [2.45, 2.75) is 25.3 Å². The minimum atomic E-state index is -0.541. The quantitative estimate of drug-likeness (QED) is 0.553. The predicted molar refractivity (Wildman–Crippen MR) is 130 cm³/mol. The minimum Gasteiger partial charge on any atom is -0.378 e. The highest BCUT2D eigenvalue weighted by molar-refractivity contribution is 5.99. The first-order valence-electron chi connectivity index (χ1n) is 11.4. The third-order valence-corrected chi connectivity index (χ3v) is 6.34. The van der Waals surface area contributed by atoms with Crippen LogP contribution in [0.15, 0.2) is 54.7 Å². The Kier molecular flexibility index (Phi) is 5.93. The molecule has 2 atom stereocenters. The van der Waals surface area contributed by atoms with Gasteiger partial charge in [0, 0.05) is 47.8 Å². The summed E-state index contributed by atoms with van der Waals surface area (Å²) >= 11 is 0. The van der Waals surface area contributed by atoms with Gasteiger partial charge in [0.2, 0.25) is 11.9 Å². The Morgan fingerprint density at radius 1 is 1.15 bits per heavy atom. The van der Waals surface area contributed by atoms with E-state index in [2.05, 4.69) is 45.6 Å². The molecule has 1 fully saturated rings. The van der Waals surface area contributed by atoms with Crippen LogP contribution in [-0.2, 0) is 9.53 Å². The van der Waals surface area contributed by atoms with Gasteiger partial charge in [-0.2, -0.15) is 0 Å². The van der Waals surface area contributed by atoms with E-state index in [1.165, 1.54) is 5.69 Å². The Hall–Kier alpha value is -3.49. The second-order valence-corrected chi connectivity index (χ2v) is 8.37. The number of nitrogens with zero attached hydrogens (tertiary/aromatic N) is 3. The highest BCUT2D eigenvalue weighted by Gasteiger charge is 2.32. The van der Waals surface area contributed by atoms with Gasteiger partial charge in [0.15, 0.2) is 0 Å². The molecule has 0 bridgehead atoms. The van der Waals surface area contributed by atoms with Crippen molar-refractivity contribution in [1.82, 2.24) is 9.97 Å². The molecule has 1 aromatic heterocycles. The van der Waals surface area contributed by atoms with Crippen LogP contribution in [0.2, 0.25) is 0 Å². The molecule has 0 saturated carbocycles. The van der Waals surface area contributed by atoms with E-state index in [4.69, 9.17) is 15.5 Å². The van der Waals surface area contributed by atoms with Gasteiger partial charge in [-0.3, -0.25) is 4.79 Å². The number of carbonyl (C=O) groups is 1. The third-order valence-electron chi connectivity index (χ3n) is 6.34. The van der Waals surface area contributed by atoms with Gasteiger partial charge in [-0.25, -0.2) is 9.97 Å². The summed E-state index contributed by atoms with van der Waals surface area (Å²) in [7, 11) is 0. The van der Waals surface area contributed by atoms with Crippen molar-refractivity contribution in [3.63, 3.8) is 0 Å². The largest absolute Gasteiger partial charge is 0.378 e. The number of fused-ring (bicyclic) bond motifs is 1. The van der Waals surface area contributed by atoms with E-state index < -0.39 is 6.04 Å². The van der Waals surface area contributed by atoms with Gasteiger partial charge in [0.05, 0.1) is 24.9 Å². The van der Waals surface area contributed by atoms with Crippen LogP contribution in [0.4, 0.5) is 23.0 Å². The standard InChI is InChI=1S/C25H28N6O2/c1-2-19-20-15-16(3-8-22(20)29-24(32)23(19)26)21-9-10-27-25(30-21)28-17-4-6-18(7-5-17)31-11-13-33-14-12-31/h3-10,15,19,23H,2,11-14,26H2,1H3,(H,29,32)(H,27,28,30)/t19-,23+/m0/s1. The summed E-state index contributed by atoms with van der Waals surface area (Å²) in [6.07, 6.45) is 2.54. The molecule has 0 aliphatic carbocycles. The van der Waals surface area contributed by atoms with Crippen LogP contribution >= 0.6 is 0 Å². The summed E-state index contributed by atoms with van der Waals surface area (Å²) in [6.45, 7) is 5.40. The lowest BCUT2D eigenvalue weighted by atomic mass is 9.84. The molecule has 1 saturated heterocycles. The fourth-order valence-corrected chi connectivity index (χ4v) is 4.49. The Morgan fingerprint density at radius 2 is 1.94 bits per heavy atom. The van der Waals surface area contributed by atoms with E-state index in [0.717, 1.165) is 60.9 Å². The van der Waals surface area contributed by atoms with Crippen molar-refractivity contribution in [3.8, 4) is 11.3 Å². The fourth-order valence-electron chi connectivity index (χ4n) is 4.49. The first kappa shape index (κ1) is 21.4. The lowest BCUT2D eigenvalue weighted by Crippen LogP contribution is -2.44. The predicted octanol–water partition coefficient (Wildman–Crippen LogP) is 3.50. The van der Waals surface area contributed by atoms with Crippen LogP contribution in [0.1, 0.15) is 24.8 Å². The van der Waals surface area contributed by atoms with Gasteiger partial charge in [-0.1, -0.05) is 13.0 Å². The van der Waals surface area contributed by atoms with Gasteiger partial charge in [0.25, 0.3) is 0 Å². The average molecular weight is 445 g/mol. The summed E-state index contributed by atoms with van der Waals surface area (Å²) in [5.74, 6) is 0.384. The van der Waals surface area contributed by atoms with Crippen LogP contribution in [0.3, 0.4) is 0 Å². The van der Waals surface area contributed by atoms with E-state index in [1.54, 1.807) is 6.20 Å². The smallest absolute Gasteiger partial charge is 0.241 e. The third kappa shape index (κ3) is 4.40. The van der Waals surface area contributed by atoms with Crippen molar-refractivity contribution in [1.29, 1.82) is 0 Å². The maximum Gasteiger partial charge on any atom is 0.241 e. The van der Waals surface area contributed by atoms with Gasteiger partial charge in [-0.15, -0.1) is 0 Å². The first-order chi connectivity index (χ1) is 16.1. The van der Waals surface area contributed by atoms with E-state index in [0.29, 0.717) is 5.95 Å². The fraction of sp³-hybridized carbons (Fsp3) is 0.320. The zero-order chi connectivity index (χ0) is 22.8. The second kappa shape index (κ2) is 9.17.